The van der Waals surface area contributed by atoms with Crippen LogP contribution in [0, 0.1) is 10.1 Å². The van der Waals surface area contributed by atoms with Crippen molar-refractivity contribution in [3.05, 3.63) is 81.9 Å². The Kier molecular flexibility index (Phi) is 5.93. The van der Waals surface area contributed by atoms with Crippen LogP contribution in [0.5, 0.6) is 0 Å². The molecule has 0 aliphatic heterocycles. The smallest absolute Gasteiger partial charge is 0.273 e. The summed E-state index contributed by atoms with van der Waals surface area (Å²) in [5.74, 6) is -0.638. The lowest BCUT2D eigenvalue weighted by Crippen LogP contribution is -2.24. The van der Waals surface area contributed by atoms with Gasteiger partial charge < -0.3 is 5.11 Å². The predicted octanol–water partition coefficient (Wildman–Crippen LogP) is 2.44. The van der Waals surface area contributed by atoms with E-state index in [0.717, 1.165) is 5.56 Å². The van der Waals surface area contributed by atoms with Gasteiger partial charge in [-0.25, -0.2) is 5.43 Å². The van der Waals surface area contributed by atoms with Gasteiger partial charge >= 0.3 is 0 Å². The van der Waals surface area contributed by atoms with Crippen LogP contribution in [0.2, 0.25) is 0 Å². The Balaban J connectivity index is 1.85. The first-order chi connectivity index (χ1) is 11.6. The number of rotatable bonds is 6. The molecule has 2 aromatic rings. The fourth-order valence-electron chi connectivity index (χ4n) is 1.85. The number of nitro benzene ring substituents is 1. The molecule has 0 aliphatic rings. The molecule has 0 saturated carbocycles. The molecular weight excluding hydrogens is 310 g/mol. The molecule has 24 heavy (non-hydrogen) atoms. The first-order valence-electron chi connectivity index (χ1n) is 7.05. The topological polar surface area (TPSA) is 105 Å². The summed E-state index contributed by atoms with van der Waals surface area (Å²) >= 11 is 0. The third-order valence-corrected chi connectivity index (χ3v) is 3.09. The number of carbonyl (C=O) groups excluding carboxylic acids is 1. The molecule has 2 N–H and O–H groups in total. The molecule has 1 amide bonds. The van der Waals surface area contributed by atoms with Gasteiger partial charge in [0.05, 0.1) is 4.92 Å². The Bertz CT molecular complexity index is 755. The maximum Gasteiger partial charge on any atom is 0.273 e. The zero-order valence-corrected chi connectivity index (χ0v) is 12.6. The second-order valence-corrected chi connectivity index (χ2v) is 4.78. The fourth-order valence-corrected chi connectivity index (χ4v) is 1.85. The van der Waals surface area contributed by atoms with Crippen LogP contribution in [0.15, 0.2) is 65.8 Å². The lowest BCUT2D eigenvalue weighted by molar-refractivity contribution is -0.384. The number of non-ortho nitro benzene ring substituents is 1. The molecule has 0 aliphatic carbocycles. The average Bonchev–Trinajstić information content (AvgIpc) is 2.61. The Morgan fingerprint density at radius 1 is 1.17 bits per heavy atom. The van der Waals surface area contributed by atoms with Crippen LogP contribution >= 0.6 is 0 Å². The Morgan fingerprint density at radius 3 is 2.46 bits per heavy atom. The number of aliphatic hydroxyl groups excluding tert-OH is 1. The largest absolute Gasteiger partial charge is 0.378 e. The number of nitrogens with zero attached hydrogens (tertiary/aromatic N) is 2. The highest BCUT2D eigenvalue weighted by atomic mass is 16.6. The van der Waals surface area contributed by atoms with Gasteiger partial charge in [-0.05, 0) is 29.3 Å². The minimum Gasteiger partial charge on any atom is -0.378 e. The number of amides is 1. The highest BCUT2D eigenvalue weighted by molar-refractivity contribution is 5.84. The van der Waals surface area contributed by atoms with Crippen LogP contribution in [0.25, 0.3) is 6.08 Å². The molecule has 0 fully saturated rings. The van der Waals surface area contributed by atoms with E-state index in [1.54, 1.807) is 54.6 Å². The van der Waals surface area contributed by atoms with E-state index in [4.69, 9.17) is 0 Å². The third kappa shape index (κ3) is 4.85. The van der Waals surface area contributed by atoms with E-state index in [1.807, 2.05) is 0 Å². The van der Waals surface area contributed by atoms with Gasteiger partial charge in [0.25, 0.3) is 11.6 Å². The zero-order chi connectivity index (χ0) is 17.4. The van der Waals surface area contributed by atoms with Crippen LogP contribution in [0.3, 0.4) is 0 Å². The Morgan fingerprint density at radius 2 is 1.83 bits per heavy atom. The minimum atomic E-state index is -1.29. The van der Waals surface area contributed by atoms with E-state index < -0.39 is 16.9 Å². The van der Waals surface area contributed by atoms with E-state index in [-0.39, 0.29) is 5.69 Å². The van der Waals surface area contributed by atoms with Gasteiger partial charge in [-0.2, -0.15) is 5.10 Å². The van der Waals surface area contributed by atoms with Crippen LogP contribution in [-0.2, 0) is 4.79 Å². The van der Waals surface area contributed by atoms with Crippen molar-refractivity contribution < 1.29 is 14.8 Å². The number of hydrogen-bond donors (Lipinski definition) is 2. The number of carbonyl (C=O) groups is 1. The molecule has 122 valence electrons. The van der Waals surface area contributed by atoms with Gasteiger partial charge in [-0.3, -0.25) is 14.9 Å². The second-order valence-electron chi connectivity index (χ2n) is 4.78. The fraction of sp³-hybridized carbons (Fsp3) is 0.0588. The molecule has 7 nitrogen and oxygen atoms in total. The molecule has 1 unspecified atom stereocenters. The number of benzene rings is 2. The molecule has 2 aromatic carbocycles. The van der Waals surface area contributed by atoms with Crippen LogP contribution < -0.4 is 5.43 Å². The van der Waals surface area contributed by atoms with Crippen molar-refractivity contribution in [1.82, 2.24) is 5.43 Å². The molecule has 0 saturated heterocycles. The maximum atomic E-state index is 11.7. The number of nitro groups is 1. The van der Waals surface area contributed by atoms with Crippen LogP contribution in [0.4, 0.5) is 5.69 Å². The van der Waals surface area contributed by atoms with Crippen molar-refractivity contribution in [3.63, 3.8) is 0 Å². The summed E-state index contributed by atoms with van der Waals surface area (Å²) in [5.41, 5.74) is 3.48. The van der Waals surface area contributed by atoms with Gasteiger partial charge in [0.2, 0.25) is 0 Å². The summed E-state index contributed by atoms with van der Waals surface area (Å²) in [6, 6.07) is 14.5. The summed E-state index contributed by atoms with van der Waals surface area (Å²) < 4.78 is 0. The lowest BCUT2D eigenvalue weighted by Gasteiger charge is -2.08. The third-order valence-electron chi connectivity index (χ3n) is 3.09. The maximum absolute atomic E-state index is 11.7. The van der Waals surface area contributed by atoms with E-state index in [9.17, 15) is 20.0 Å². The van der Waals surface area contributed by atoms with Crippen LogP contribution in [-0.4, -0.2) is 22.2 Å². The summed E-state index contributed by atoms with van der Waals surface area (Å²) in [7, 11) is 0. The zero-order valence-electron chi connectivity index (χ0n) is 12.6. The Labute approximate surface area is 138 Å². The van der Waals surface area contributed by atoms with Gasteiger partial charge in [-0.1, -0.05) is 36.4 Å². The Hall–Kier alpha value is -3.32. The van der Waals surface area contributed by atoms with E-state index in [2.05, 4.69) is 10.5 Å². The quantitative estimate of drug-likeness (QED) is 0.483. The van der Waals surface area contributed by atoms with Gasteiger partial charge in [0.1, 0.15) is 0 Å². The van der Waals surface area contributed by atoms with Crippen molar-refractivity contribution in [1.29, 1.82) is 0 Å². The monoisotopic (exact) mass is 325 g/mol. The van der Waals surface area contributed by atoms with E-state index in [1.165, 1.54) is 18.3 Å². The molecule has 2 rings (SSSR count). The average molecular weight is 325 g/mol. The number of nitrogens with one attached hydrogen (secondary N) is 1. The number of aliphatic hydroxyl groups is 1. The number of hydrazone groups is 1. The molecule has 0 spiro atoms. The lowest BCUT2D eigenvalue weighted by atomic mass is 10.1. The van der Waals surface area contributed by atoms with Gasteiger partial charge in [0, 0.05) is 18.3 Å². The highest BCUT2D eigenvalue weighted by Crippen LogP contribution is 2.13. The van der Waals surface area contributed by atoms with E-state index >= 15 is 0 Å². The first kappa shape index (κ1) is 17.0. The summed E-state index contributed by atoms with van der Waals surface area (Å²) in [5, 5.41) is 24.1. The van der Waals surface area contributed by atoms with Crippen molar-refractivity contribution in [3.8, 4) is 0 Å². The van der Waals surface area contributed by atoms with Crippen molar-refractivity contribution >= 4 is 23.9 Å². The van der Waals surface area contributed by atoms with E-state index in [0.29, 0.717) is 5.56 Å². The van der Waals surface area contributed by atoms with Crippen molar-refractivity contribution in [2.45, 2.75) is 6.10 Å². The summed E-state index contributed by atoms with van der Waals surface area (Å²) in [6.07, 6.45) is 3.29. The second kappa shape index (κ2) is 8.35. The molecular formula is C17H15N3O4. The van der Waals surface area contributed by atoms with Gasteiger partial charge in [-0.15, -0.1) is 0 Å². The number of hydrogen-bond acceptors (Lipinski definition) is 5. The standard InChI is InChI=1S/C17H15N3O4/c21-16(14-6-2-1-3-7-14)17(22)19-18-12-4-5-13-8-10-15(11-9-13)20(23)24/h1-12,16,21H,(H,19,22). The molecule has 0 radical (unpaired) electrons. The number of allylic oxidation sites excluding steroid dienone is 1. The molecule has 0 heterocycles. The minimum absolute atomic E-state index is 0.0166. The SMILES string of the molecule is O=C(NN=CC=Cc1ccc([N+](=O)[O-])cc1)C(O)c1ccccc1. The summed E-state index contributed by atoms with van der Waals surface area (Å²) in [6.45, 7) is 0. The molecule has 7 heteroatoms. The highest BCUT2D eigenvalue weighted by Gasteiger charge is 2.15. The molecule has 1 atom stereocenters. The molecule has 0 aromatic heterocycles. The normalized spacial score (nSPS) is 12.4. The van der Waals surface area contributed by atoms with Gasteiger partial charge in [0.15, 0.2) is 6.10 Å². The first-order valence-corrected chi connectivity index (χ1v) is 7.05. The molecule has 0 bridgehead atoms. The van der Waals surface area contributed by atoms with Crippen molar-refractivity contribution in [2.75, 3.05) is 0 Å². The van der Waals surface area contributed by atoms with Crippen LogP contribution in [0.1, 0.15) is 17.2 Å². The summed E-state index contributed by atoms with van der Waals surface area (Å²) in [4.78, 5) is 21.8. The predicted molar refractivity (Wildman–Crippen MR) is 90.2 cm³/mol. The van der Waals surface area contributed by atoms with Crippen molar-refractivity contribution in [2.24, 2.45) is 5.10 Å².